The molecule has 1 atom stereocenters. The molecule has 31 heavy (non-hydrogen) atoms. The minimum atomic E-state index is -1.80. The molecule has 0 saturated heterocycles. The topological polar surface area (TPSA) is 75.6 Å². The number of carboxylic acid groups (broad SMARTS) is 1. The molecule has 5 heteroatoms. The monoisotopic (exact) mass is 415 g/mol. The van der Waals surface area contributed by atoms with Crippen molar-refractivity contribution in [3.8, 4) is 11.1 Å². The van der Waals surface area contributed by atoms with Crippen LogP contribution in [0.2, 0.25) is 0 Å². The number of carbonyl (C=O) groups is 2. The summed E-state index contributed by atoms with van der Waals surface area (Å²) in [5, 5.41) is 12.6. The molecule has 3 aromatic carbocycles. The van der Waals surface area contributed by atoms with Crippen LogP contribution >= 0.6 is 0 Å². The molecule has 0 aromatic heterocycles. The lowest BCUT2D eigenvalue weighted by molar-refractivity contribution is -0.163. The molecule has 0 saturated carbocycles. The fourth-order valence-corrected chi connectivity index (χ4v) is 4.33. The molecule has 0 amide bonds. The highest BCUT2D eigenvalue weighted by atomic mass is 16.5. The van der Waals surface area contributed by atoms with Gasteiger partial charge in [-0.15, -0.1) is 0 Å². The predicted octanol–water partition coefficient (Wildman–Crippen LogP) is 4.02. The first kappa shape index (κ1) is 20.8. The normalized spacial score (nSPS) is 14.4. The Morgan fingerprint density at radius 1 is 0.903 bits per heavy atom. The summed E-state index contributed by atoms with van der Waals surface area (Å²) in [6, 6.07) is 25.6. The average Bonchev–Trinajstić information content (AvgIpc) is 3.12. The molecule has 1 aliphatic carbocycles. The van der Waals surface area contributed by atoms with Gasteiger partial charge in [0, 0.05) is 5.92 Å². The number of fused-ring (bicyclic) bond motifs is 3. The van der Waals surface area contributed by atoms with Crippen molar-refractivity contribution in [2.45, 2.75) is 24.3 Å². The van der Waals surface area contributed by atoms with Gasteiger partial charge in [0.15, 0.2) is 0 Å². The lowest BCUT2D eigenvalue weighted by Crippen LogP contribution is -2.58. The van der Waals surface area contributed by atoms with Crippen LogP contribution in [0.15, 0.2) is 78.9 Å². The predicted molar refractivity (Wildman–Crippen MR) is 119 cm³/mol. The number of hydrogen-bond donors (Lipinski definition) is 2. The van der Waals surface area contributed by atoms with Crippen LogP contribution in [0.1, 0.15) is 29.0 Å². The number of benzene rings is 3. The molecule has 0 unspecified atom stereocenters. The summed E-state index contributed by atoms with van der Waals surface area (Å²) in [4.78, 5) is 25.2. The quantitative estimate of drug-likeness (QED) is 0.429. The van der Waals surface area contributed by atoms with Crippen molar-refractivity contribution in [2.24, 2.45) is 0 Å². The summed E-state index contributed by atoms with van der Waals surface area (Å²) in [7, 11) is 1.49. The van der Waals surface area contributed by atoms with Gasteiger partial charge in [0.1, 0.15) is 6.61 Å². The third kappa shape index (κ3) is 3.84. The van der Waals surface area contributed by atoms with Crippen molar-refractivity contribution < 1.29 is 19.4 Å². The Bertz CT molecular complexity index is 1050. The maximum Gasteiger partial charge on any atom is 0.338 e. The smallest absolute Gasteiger partial charge is 0.338 e. The zero-order valence-electron chi connectivity index (χ0n) is 17.4. The maximum atomic E-state index is 13.1. The number of carbonyl (C=O) groups excluding carboxylic acids is 1. The highest BCUT2D eigenvalue weighted by Gasteiger charge is 2.46. The zero-order valence-corrected chi connectivity index (χ0v) is 17.4. The molecule has 0 fully saturated rings. The molecule has 0 aliphatic heterocycles. The highest BCUT2D eigenvalue weighted by molar-refractivity contribution is 6.04. The van der Waals surface area contributed by atoms with E-state index in [0.29, 0.717) is 6.42 Å². The third-order valence-electron chi connectivity index (χ3n) is 6.12. The van der Waals surface area contributed by atoms with E-state index in [2.05, 4.69) is 17.4 Å². The van der Waals surface area contributed by atoms with Crippen molar-refractivity contribution in [3.05, 3.63) is 95.6 Å². The second-order valence-corrected chi connectivity index (χ2v) is 7.77. The zero-order chi connectivity index (χ0) is 21.8. The van der Waals surface area contributed by atoms with Crippen LogP contribution in [0, 0.1) is 0 Å². The fraction of sp³-hybridized carbons (Fsp3) is 0.231. The van der Waals surface area contributed by atoms with Gasteiger partial charge in [-0.05, 0) is 47.7 Å². The van der Waals surface area contributed by atoms with Crippen molar-refractivity contribution in [1.29, 1.82) is 0 Å². The number of aliphatic carboxylic acids is 1. The fourth-order valence-electron chi connectivity index (χ4n) is 4.33. The standard InChI is InChI=1S/C26H25NO4/c1-27-26(24(28)29,16-15-18-9-3-2-4-10-18)25(30)31-17-23-21-13-7-5-11-19(21)20-12-6-8-14-22(20)23/h2-14,23,27H,15-17H2,1H3,(H,28,29)/t26-/m0/s1. The second-order valence-electron chi connectivity index (χ2n) is 7.77. The summed E-state index contributed by atoms with van der Waals surface area (Å²) in [6.45, 7) is 0.0922. The van der Waals surface area contributed by atoms with Gasteiger partial charge >= 0.3 is 11.9 Å². The molecule has 0 heterocycles. The lowest BCUT2D eigenvalue weighted by Gasteiger charge is -2.27. The minimum absolute atomic E-state index is 0.0922. The number of likely N-dealkylation sites (N-methyl/N-ethyl adjacent to an activating group) is 1. The van der Waals surface area contributed by atoms with E-state index < -0.39 is 17.5 Å². The molecule has 0 spiro atoms. The number of nitrogens with one attached hydrogen (secondary N) is 1. The highest BCUT2D eigenvalue weighted by Crippen LogP contribution is 2.44. The molecule has 0 bridgehead atoms. The molecule has 1 aliphatic rings. The van der Waals surface area contributed by atoms with E-state index in [-0.39, 0.29) is 18.9 Å². The van der Waals surface area contributed by atoms with E-state index in [1.807, 2.05) is 66.7 Å². The molecule has 0 radical (unpaired) electrons. The van der Waals surface area contributed by atoms with Crippen LogP contribution in [0.4, 0.5) is 0 Å². The van der Waals surface area contributed by atoms with Gasteiger partial charge in [0.05, 0.1) is 0 Å². The van der Waals surface area contributed by atoms with E-state index in [9.17, 15) is 14.7 Å². The van der Waals surface area contributed by atoms with Crippen molar-refractivity contribution in [2.75, 3.05) is 13.7 Å². The number of hydrogen-bond acceptors (Lipinski definition) is 4. The maximum absolute atomic E-state index is 13.1. The summed E-state index contributed by atoms with van der Waals surface area (Å²) in [5.41, 5.74) is 3.60. The van der Waals surface area contributed by atoms with Crippen molar-refractivity contribution >= 4 is 11.9 Å². The summed E-state index contributed by atoms with van der Waals surface area (Å²) < 4.78 is 5.66. The van der Waals surface area contributed by atoms with Gasteiger partial charge < -0.3 is 9.84 Å². The van der Waals surface area contributed by atoms with E-state index in [1.165, 1.54) is 7.05 Å². The molecular weight excluding hydrogens is 390 g/mol. The Hall–Kier alpha value is -3.44. The molecule has 158 valence electrons. The van der Waals surface area contributed by atoms with Gasteiger partial charge in [0.2, 0.25) is 5.54 Å². The average molecular weight is 415 g/mol. The first-order valence-electron chi connectivity index (χ1n) is 10.4. The number of carboxylic acids is 1. The molecule has 5 nitrogen and oxygen atoms in total. The largest absolute Gasteiger partial charge is 0.479 e. The number of esters is 1. The van der Waals surface area contributed by atoms with Crippen LogP contribution in [0.3, 0.4) is 0 Å². The SMILES string of the molecule is CN[C@@](CCc1ccccc1)(C(=O)O)C(=O)OCC1c2ccccc2-c2ccccc21. The van der Waals surface area contributed by atoms with Crippen LogP contribution in [0.5, 0.6) is 0 Å². The first-order chi connectivity index (χ1) is 15.1. The summed E-state index contributed by atoms with van der Waals surface area (Å²) in [6.07, 6.45) is 0.539. The Kier molecular flexibility index (Phi) is 5.87. The first-order valence-corrected chi connectivity index (χ1v) is 10.4. The second kappa shape index (κ2) is 8.74. The van der Waals surface area contributed by atoms with Gasteiger partial charge in [-0.25, -0.2) is 9.59 Å². The van der Waals surface area contributed by atoms with Gasteiger partial charge in [-0.2, -0.15) is 0 Å². The minimum Gasteiger partial charge on any atom is -0.479 e. The number of rotatable bonds is 8. The summed E-state index contributed by atoms with van der Waals surface area (Å²) in [5.74, 6) is -2.11. The Balaban J connectivity index is 1.54. The number of ether oxygens (including phenoxy) is 1. The van der Waals surface area contributed by atoms with Gasteiger partial charge in [-0.1, -0.05) is 78.9 Å². The Labute approximate surface area is 181 Å². The summed E-state index contributed by atoms with van der Waals surface area (Å²) >= 11 is 0. The van der Waals surface area contributed by atoms with E-state index in [4.69, 9.17) is 4.74 Å². The van der Waals surface area contributed by atoms with Gasteiger partial charge in [-0.3, -0.25) is 5.32 Å². The molecule has 4 rings (SSSR count). The van der Waals surface area contributed by atoms with Crippen LogP contribution in [-0.2, 0) is 20.7 Å². The third-order valence-corrected chi connectivity index (χ3v) is 6.12. The molecule has 3 aromatic rings. The van der Waals surface area contributed by atoms with Crippen molar-refractivity contribution in [1.82, 2.24) is 5.32 Å². The van der Waals surface area contributed by atoms with Crippen LogP contribution < -0.4 is 5.32 Å². The van der Waals surface area contributed by atoms with E-state index >= 15 is 0 Å². The molecular formula is C26H25NO4. The number of aryl methyl sites for hydroxylation is 1. The van der Waals surface area contributed by atoms with Crippen LogP contribution in [-0.4, -0.2) is 36.2 Å². The van der Waals surface area contributed by atoms with Crippen LogP contribution in [0.25, 0.3) is 11.1 Å². The Morgan fingerprint density at radius 2 is 1.45 bits per heavy atom. The van der Waals surface area contributed by atoms with Crippen molar-refractivity contribution in [3.63, 3.8) is 0 Å². The Morgan fingerprint density at radius 3 is 2.00 bits per heavy atom. The van der Waals surface area contributed by atoms with E-state index in [1.54, 1.807) is 0 Å². The molecule has 2 N–H and O–H groups in total. The van der Waals surface area contributed by atoms with Gasteiger partial charge in [0.25, 0.3) is 0 Å². The lowest BCUT2D eigenvalue weighted by atomic mass is 9.91. The van der Waals surface area contributed by atoms with E-state index in [0.717, 1.165) is 27.8 Å².